The zero-order chi connectivity index (χ0) is 13.5. The molecule has 1 saturated carbocycles. The summed E-state index contributed by atoms with van der Waals surface area (Å²) in [7, 11) is -3.60. The van der Waals surface area contributed by atoms with Gasteiger partial charge in [0, 0.05) is 12.1 Å². The minimum Gasteiger partial charge on any atom is -0.326 e. The van der Waals surface area contributed by atoms with Gasteiger partial charge in [-0.1, -0.05) is 6.92 Å². The Morgan fingerprint density at radius 2 is 2.06 bits per heavy atom. The molecule has 2 atom stereocenters. The van der Waals surface area contributed by atoms with Crippen LogP contribution in [0.5, 0.6) is 0 Å². The number of hydrogen-bond donors (Lipinski definition) is 2. The summed E-state index contributed by atoms with van der Waals surface area (Å²) >= 11 is 0. The highest BCUT2D eigenvalue weighted by Gasteiger charge is 2.44. The van der Waals surface area contributed by atoms with Gasteiger partial charge in [-0.25, -0.2) is 17.2 Å². The van der Waals surface area contributed by atoms with Gasteiger partial charge in [0.2, 0.25) is 10.0 Å². The van der Waals surface area contributed by atoms with Crippen molar-refractivity contribution in [3.8, 4) is 0 Å². The van der Waals surface area contributed by atoms with Crippen LogP contribution in [0.3, 0.4) is 0 Å². The van der Waals surface area contributed by atoms with E-state index in [1.165, 1.54) is 0 Å². The fourth-order valence-electron chi connectivity index (χ4n) is 1.81. The van der Waals surface area contributed by atoms with Crippen molar-refractivity contribution in [2.24, 2.45) is 11.7 Å². The Labute approximate surface area is 104 Å². The van der Waals surface area contributed by atoms with E-state index in [2.05, 4.69) is 4.72 Å². The molecule has 1 aliphatic rings. The molecular weight excluding hydrogens is 262 g/mol. The molecule has 100 valence electrons. The number of rotatable bonds is 4. The Kier molecular flexibility index (Phi) is 3.29. The molecule has 0 saturated heterocycles. The monoisotopic (exact) mass is 276 g/mol. The molecule has 0 aliphatic heterocycles. The summed E-state index contributed by atoms with van der Waals surface area (Å²) in [5.74, 6) is -1.66. The van der Waals surface area contributed by atoms with E-state index in [9.17, 15) is 17.2 Å². The Morgan fingerprint density at radius 3 is 2.56 bits per heavy atom. The summed E-state index contributed by atoms with van der Waals surface area (Å²) in [6.45, 7) is 1.48. The molecule has 1 aromatic carbocycles. The molecule has 1 fully saturated rings. The maximum absolute atomic E-state index is 13.8. The molecule has 2 unspecified atom stereocenters. The van der Waals surface area contributed by atoms with E-state index in [4.69, 9.17) is 5.73 Å². The second-order valence-electron chi connectivity index (χ2n) is 4.49. The molecule has 2 rings (SSSR count). The lowest BCUT2D eigenvalue weighted by molar-refractivity contribution is 0.558. The molecule has 4 nitrogen and oxygen atoms in total. The van der Waals surface area contributed by atoms with Crippen molar-refractivity contribution in [2.75, 3.05) is 4.72 Å². The molecular formula is C11H14F2N2O2S. The van der Waals surface area contributed by atoms with Gasteiger partial charge in [0.05, 0.1) is 10.9 Å². The van der Waals surface area contributed by atoms with Crippen LogP contribution >= 0.6 is 0 Å². The Morgan fingerprint density at radius 1 is 1.44 bits per heavy atom. The van der Waals surface area contributed by atoms with Gasteiger partial charge in [0.1, 0.15) is 5.82 Å². The van der Waals surface area contributed by atoms with Crippen LogP contribution in [0.4, 0.5) is 14.5 Å². The van der Waals surface area contributed by atoms with Crippen molar-refractivity contribution in [3.63, 3.8) is 0 Å². The fraction of sp³-hybridized carbons (Fsp3) is 0.455. The minimum absolute atomic E-state index is 0.0694. The molecule has 0 bridgehead atoms. The van der Waals surface area contributed by atoms with Crippen LogP contribution in [-0.2, 0) is 16.6 Å². The number of benzene rings is 1. The zero-order valence-corrected chi connectivity index (χ0v) is 10.6. The summed E-state index contributed by atoms with van der Waals surface area (Å²) in [5, 5.41) is -0.497. The summed E-state index contributed by atoms with van der Waals surface area (Å²) in [4.78, 5) is 0. The quantitative estimate of drug-likeness (QED) is 0.877. The van der Waals surface area contributed by atoms with Crippen LogP contribution in [-0.4, -0.2) is 13.7 Å². The number of nitrogens with one attached hydrogen (secondary N) is 1. The molecule has 1 aliphatic carbocycles. The first-order chi connectivity index (χ1) is 8.36. The zero-order valence-electron chi connectivity index (χ0n) is 9.78. The molecule has 7 heteroatoms. The van der Waals surface area contributed by atoms with Gasteiger partial charge in [-0.05, 0) is 24.5 Å². The first kappa shape index (κ1) is 13.2. The third kappa shape index (κ3) is 2.32. The molecule has 3 N–H and O–H groups in total. The Bertz CT molecular complexity index is 575. The highest BCUT2D eigenvalue weighted by molar-refractivity contribution is 7.93. The van der Waals surface area contributed by atoms with Gasteiger partial charge in [-0.15, -0.1) is 0 Å². The van der Waals surface area contributed by atoms with Crippen molar-refractivity contribution in [2.45, 2.75) is 25.1 Å². The van der Waals surface area contributed by atoms with Gasteiger partial charge >= 0.3 is 0 Å². The molecule has 0 spiro atoms. The fourth-order valence-corrected chi connectivity index (χ4v) is 3.60. The second kappa shape index (κ2) is 4.47. The SMILES string of the molecule is CC1CC1S(=O)(=O)Nc1ccc(F)c(CN)c1F. The van der Waals surface area contributed by atoms with Crippen LogP contribution < -0.4 is 10.5 Å². The molecule has 0 radical (unpaired) electrons. The molecule has 18 heavy (non-hydrogen) atoms. The third-order valence-electron chi connectivity index (χ3n) is 3.08. The summed E-state index contributed by atoms with van der Waals surface area (Å²) < 4.78 is 52.8. The smallest absolute Gasteiger partial charge is 0.235 e. The first-order valence-corrected chi connectivity index (χ1v) is 7.10. The maximum Gasteiger partial charge on any atom is 0.235 e. The van der Waals surface area contributed by atoms with Gasteiger partial charge < -0.3 is 5.73 Å². The topological polar surface area (TPSA) is 72.2 Å². The van der Waals surface area contributed by atoms with Crippen LogP contribution in [0.2, 0.25) is 0 Å². The summed E-state index contributed by atoms with van der Waals surface area (Å²) in [6.07, 6.45) is 0.557. The van der Waals surface area contributed by atoms with Crippen LogP contribution in [0.15, 0.2) is 12.1 Å². The van der Waals surface area contributed by atoms with E-state index in [0.717, 1.165) is 12.1 Å². The van der Waals surface area contributed by atoms with Gasteiger partial charge in [-0.3, -0.25) is 4.72 Å². The lowest BCUT2D eigenvalue weighted by Crippen LogP contribution is -2.20. The summed E-state index contributed by atoms with van der Waals surface area (Å²) in [6, 6.07) is 2.06. The highest BCUT2D eigenvalue weighted by Crippen LogP contribution is 2.37. The van der Waals surface area contributed by atoms with Gasteiger partial charge in [0.15, 0.2) is 5.82 Å². The normalized spacial score (nSPS) is 22.9. The average molecular weight is 276 g/mol. The average Bonchev–Trinajstić information content (AvgIpc) is 3.02. The minimum atomic E-state index is -3.60. The standard InChI is InChI=1S/C11H14F2N2O2S/c1-6-4-10(6)18(16,17)15-9-3-2-8(12)7(5-14)11(9)13/h2-3,6,10,15H,4-5,14H2,1H3. The highest BCUT2D eigenvalue weighted by atomic mass is 32.2. The van der Waals surface area contributed by atoms with Crippen molar-refractivity contribution >= 4 is 15.7 Å². The molecule has 1 aromatic rings. The van der Waals surface area contributed by atoms with Crippen LogP contribution in [0.25, 0.3) is 0 Å². The molecule has 0 amide bonds. The molecule has 0 aromatic heterocycles. The summed E-state index contributed by atoms with van der Waals surface area (Å²) in [5.41, 5.74) is 4.65. The van der Waals surface area contributed by atoms with Gasteiger partial charge in [-0.2, -0.15) is 0 Å². The van der Waals surface area contributed by atoms with Crippen LogP contribution in [0, 0.1) is 17.6 Å². The third-order valence-corrected chi connectivity index (χ3v) is 5.04. The van der Waals surface area contributed by atoms with Gasteiger partial charge in [0.25, 0.3) is 0 Å². The van der Waals surface area contributed by atoms with E-state index >= 15 is 0 Å². The Balaban J connectivity index is 2.30. The van der Waals surface area contributed by atoms with E-state index in [1.54, 1.807) is 6.92 Å². The Hall–Kier alpha value is -1.21. The number of hydrogen-bond acceptors (Lipinski definition) is 3. The van der Waals surface area contributed by atoms with E-state index < -0.39 is 26.9 Å². The second-order valence-corrected chi connectivity index (χ2v) is 6.39. The lowest BCUT2D eigenvalue weighted by Gasteiger charge is -2.11. The number of nitrogens with two attached hydrogens (primary N) is 1. The van der Waals surface area contributed by atoms with Crippen molar-refractivity contribution < 1.29 is 17.2 Å². The maximum atomic E-state index is 13.8. The predicted octanol–water partition coefficient (Wildman–Crippen LogP) is 1.57. The van der Waals surface area contributed by atoms with E-state index in [1.807, 2.05) is 0 Å². The van der Waals surface area contributed by atoms with Crippen molar-refractivity contribution in [1.82, 2.24) is 0 Å². The predicted molar refractivity (Wildman–Crippen MR) is 64.4 cm³/mol. The first-order valence-electron chi connectivity index (χ1n) is 5.55. The van der Waals surface area contributed by atoms with Crippen LogP contribution in [0.1, 0.15) is 18.9 Å². The number of anilines is 1. The largest absolute Gasteiger partial charge is 0.326 e. The number of halogens is 2. The van der Waals surface area contributed by atoms with Crippen molar-refractivity contribution in [1.29, 1.82) is 0 Å². The van der Waals surface area contributed by atoms with E-state index in [0.29, 0.717) is 6.42 Å². The molecule has 0 heterocycles. The lowest BCUT2D eigenvalue weighted by atomic mass is 10.2. The number of sulfonamides is 1. The van der Waals surface area contributed by atoms with Crippen molar-refractivity contribution in [3.05, 3.63) is 29.3 Å². The van der Waals surface area contributed by atoms with E-state index in [-0.39, 0.29) is 23.7 Å².